The van der Waals surface area contributed by atoms with Gasteiger partial charge in [-0.2, -0.15) is 0 Å². The highest BCUT2D eigenvalue weighted by Gasteiger charge is 2.78. The molecule has 2 aromatic rings. The molecular formula is C47H58N2O14. The van der Waals surface area contributed by atoms with Gasteiger partial charge in [0.2, 0.25) is 0 Å². The smallest absolute Gasteiger partial charge is 0.338 e. The van der Waals surface area contributed by atoms with Crippen molar-refractivity contribution in [3.8, 4) is 0 Å². The molecule has 0 spiro atoms. The number of nitrogens with one attached hydrogen (secondary N) is 2. The molecule has 340 valence electrons. The van der Waals surface area contributed by atoms with Crippen molar-refractivity contribution < 1.29 is 67.8 Å². The fourth-order valence-electron chi connectivity index (χ4n) is 11.0. The highest BCUT2D eigenvalue weighted by atomic mass is 16.6. The molecule has 4 fully saturated rings. The minimum atomic E-state index is -2.38. The maximum atomic E-state index is 15.5. The molecule has 5 N–H and O–H groups in total. The quantitative estimate of drug-likeness (QED) is 0.129. The minimum absolute atomic E-state index is 0.00879. The lowest BCUT2D eigenvalue weighted by Crippen LogP contribution is -2.82. The second kappa shape index (κ2) is 17.4. The molecule has 7 rings (SSSR count). The second-order valence-corrected chi connectivity index (χ2v) is 18.5. The molecule has 0 radical (unpaired) electrons. The lowest BCUT2D eigenvalue weighted by Gasteiger charge is -2.67. The largest absolute Gasteiger partial charge is 0.456 e. The zero-order valence-electron chi connectivity index (χ0n) is 36.5. The number of rotatable bonds is 10. The maximum absolute atomic E-state index is 15.5. The molecule has 2 bridgehead atoms. The van der Waals surface area contributed by atoms with Crippen molar-refractivity contribution in [2.45, 2.75) is 146 Å². The van der Waals surface area contributed by atoms with Crippen molar-refractivity contribution in [2.75, 3.05) is 6.61 Å². The van der Waals surface area contributed by atoms with Gasteiger partial charge in [0, 0.05) is 38.1 Å². The average Bonchev–Trinajstić information content (AvgIpc) is 3.24. The summed E-state index contributed by atoms with van der Waals surface area (Å²) in [5, 5.41) is 43.3. The third-order valence-electron chi connectivity index (χ3n) is 14.4. The van der Waals surface area contributed by atoms with Gasteiger partial charge in [-0.1, -0.05) is 81.6 Å². The van der Waals surface area contributed by atoms with Crippen molar-refractivity contribution in [3.05, 3.63) is 82.9 Å². The van der Waals surface area contributed by atoms with Crippen LogP contribution in [0.25, 0.3) is 0 Å². The number of carbonyl (C=O) groups is 6. The molecule has 9 unspecified atom stereocenters. The van der Waals surface area contributed by atoms with E-state index in [2.05, 4.69) is 10.6 Å². The molecule has 16 nitrogen and oxygen atoms in total. The summed E-state index contributed by atoms with van der Waals surface area (Å²) in [6.07, 6.45) is -5.87. The van der Waals surface area contributed by atoms with Crippen molar-refractivity contribution in [1.29, 1.82) is 0 Å². The number of hydrogen-bond donors (Lipinski definition) is 5. The lowest BCUT2D eigenvalue weighted by atomic mass is 9.44. The normalized spacial score (nSPS) is 33.3. The van der Waals surface area contributed by atoms with E-state index in [-0.39, 0.29) is 35.8 Å². The van der Waals surface area contributed by atoms with Crippen LogP contribution in [0.1, 0.15) is 108 Å². The Kier molecular flexibility index (Phi) is 12.7. The molecule has 63 heavy (non-hydrogen) atoms. The van der Waals surface area contributed by atoms with Gasteiger partial charge in [0.15, 0.2) is 23.6 Å². The molecule has 1 saturated heterocycles. The fraction of sp³-hybridized carbons (Fsp3) is 0.574. The number of aliphatic hydroxyl groups is 3. The van der Waals surface area contributed by atoms with Gasteiger partial charge in [0.25, 0.3) is 0 Å². The summed E-state index contributed by atoms with van der Waals surface area (Å²) in [6, 6.07) is 14.3. The van der Waals surface area contributed by atoms with Crippen molar-refractivity contribution in [3.63, 3.8) is 0 Å². The van der Waals surface area contributed by atoms with Crippen LogP contribution in [0.5, 0.6) is 0 Å². The summed E-state index contributed by atoms with van der Waals surface area (Å²) >= 11 is 0. The van der Waals surface area contributed by atoms with Crippen molar-refractivity contribution in [2.24, 2.45) is 16.7 Å². The van der Waals surface area contributed by atoms with Crippen LogP contribution in [0, 0.1) is 16.7 Å². The standard InChI is InChI=1S/C47H58N2O14/c1-25-31(61-42(56)36(53)35(28-16-10-7-11-17-28)49-43(57)48-30-20-14-9-15-21-30)23-47(58)40(62-41(55)29-18-12-8-13-19-29)38-45(6,32(52)22-33-46(38,24-59-33)63-27(3)51)39(54)37(60-26(2)50)34(25)44(47,4)5/h7-8,10-13,16-19,30-33,35-38,40,52-53,58H,9,14-15,20-24H2,1-6H3,(H2,48,49,57)/t31?,32?,33?,35?,36?,37?,38?,40?,45-,46+,47?/m1/s1. The van der Waals surface area contributed by atoms with Gasteiger partial charge < -0.3 is 49.6 Å². The Morgan fingerprint density at radius 3 is 2.10 bits per heavy atom. The van der Waals surface area contributed by atoms with Gasteiger partial charge in [0.1, 0.15) is 23.9 Å². The summed E-state index contributed by atoms with van der Waals surface area (Å²) in [5.41, 5.74) is -7.18. The number of fused-ring (bicyclic) bond motifs is 5. The SMILES string of the molecule is CC(=O)OC1C(=O)[C@]2(C)C(O)CC3OC[C@@]3(OC(C)=O)C2C(OC(=O)c2ccccc2)C2(O)CC(OC(=O)C(O)C(NC(=O)NC3CCCCC3)c3ccccc3)C(C)=C1C2(C)C. The summed E-state index contributed by atoms with van der Waals surface area (Å²) in [4.78, 5) is 83.5. The predicted octanol–water partition coefficient (Wildman–Crippen LogP) is 3.94. The summed E-state index contributed by atoms with van der Waals surface area (Å²) in [6.45, 7) is 8.03. The Morgan fingerprint density at radius 1 is 0.873 bits per heavy atom. The lowest BCUT2D eigenvalue weighted by molar-refractivity contribution is -0.346. The van der Waals surface area contributed by atoms with E-state index >= 15 is 4.79 Å². The van der Waals surface area contributed by atoms with Gasteiger partial charge >= 0.3 is 29.9 Å². The Balaban J connectivity index is 1.35. The first-order valence-corrected chi connectivity index (χ1v) is 21.7. The number of ether oxygens (including phenoxy) is 5. The van der Waals surface area contributed by atoms with Crippen LogP contribution in [0.3, 0.4) is 0 Å². The molecule has 3 saturated carbocycles. The van der Waals surface area contributed by atoms with Crippen LogP contribution in [0.15, 0.2) is 71.8 Å². The molecule has 5 aliphatic rings. The van der Waals surface area contributed by atoms with E-state index in [0.717, 1.165) is 46.0 Å². The van der Waals surface area contributed by atoms with E-state index in [1.165, 1.54) is 26.0 Å². The van der Waals surface area contributed by atoms with Crippen LogP contribution in [0.4, 0.5) is 4.79 Å². The topological polar surface area (TPSA) is 233 Å². The Morgan fingerprint density at radius 2 is 1.51 bits per heavy atom. The highest BCUT2D eigenvalue weighted by molar-refractivity contribution is 5.95. The molecular weight excluding hydrogens is 817 g/mol. The van der Waals surface area contributed by atoms with Crippen molar-refractivity contribution in [1.82, 2.24) is 10.6 Å². The molecule has 4 aliphatic carbocycles. The molecule has 16 heteroatoms. The van der Waals surface area contributed by atoms with E-state index in [9.17, 15) is 39.3 Å². The van der Waals surface area contributed by atoms with Gasteiger partial charge in [-0.15, -0.1) is 0 Å². The molecule has 11 atom stereocenters. The van der Waals surface area contributed by atoms with Gasteiger partial charge in [-0.3, -0.25) is 14.4 Å². The predicted molar refractivity (Wildman–Crippen MR) is 222 cm³/mol. The number of amides is 2. The first-order valence-electron chi connectivity index (χ1n) is 21.7. The molecule has 2 aromatic carbocycles. The molecule has 2 amide bonds. The summed E-state index contributed by atoms with van der Waals surface area (Å²) < 4.78 is 30.3. The number of carbonyl (C=O) groups excluding carboxylic acids is 6. The van der Waals surface area contributed by atoms with E-state index in [1.807, 2.05) is 0 Å². The van der Waals surface area contributed by atoms with Gasteiger partial charge in [-0.25, -0.2) is 14.4 Å². The van der Waals surface area contributed by atoms with Crippen molar-refractivity contribution >= 4 is 35.7 Å². The second-order valence-electron chi connectivity index (χ2n) is 18.5. The average molecular weight is 875 g/mol. The first kappa shape index (κ1) is 45.9. The number of esters is 4. The van der Waals surface area contributed by atoms with Crippen LogP contribution in [-0.4, -0.2) is 111 Å². The Bertz CT molecular complexity index is 2140. The maximum Gasteiger partial charge on any atom is 0.338 e. The molecule has 1 heterocycles. The minimum Gasteiger partial charge on any atom is -0.456 e. The van der Waals surface area contributed by atoms with E-state index < -0.39 is 113 Å². The summed E-state index contributed by atoms with van der Waals surface area (Å²) in [7, 11) is 0. The zero-order chi connectivity index (χ0) is 45.6. The monoisotopic (exact) mass is 874 g/mol. The number of ketones is 1. The summed E-state index contributed by atoms with van der Waals surface area (Å²) in [5.74, 6) is -6.19. The molecule has 1 aliphatic heterocycles. The number of benzene rings is 2. The number of aliphatic hydroxyl groups excluding tert-OH is 2. The van der Waals surface area contributed by atoms with Gasteiger partial charge in [0.05, 0.1) is 35.6 Å². The Labute approximate surface area is 366 Å². The number of hydrogen-bond acceptors (Lipinski definition) is 14. The number of urea groups is 1. The number of Topliss-reactive ketones (excluding diaryl/α,β-unsaturated/α-hetero) is 1. The van der Waals surface area contributed by atoms with E-state index in [1.54, 1.807) is 62.4 Å². The Hall–Kier alpha value is -5.16. The molecule has 0 aromatic heterocycles. The van der Waals surface area contributed by atoms with E-state index in [0.29, 0.717) is 5.56 Å². The van der Waals surface area contributed by atoms with E-state index in [4.69, 9.17) is 23.7 Å². The van der Waals surface area contributed by atoms with Crippen LogP contribution >= 0.6 is 0 Å². The van der Waals surface area contributed by atoms with Crippen LogP contribution < -0.4 is 10.6 Å². The third kappa shape index (κ3) is 8.04. The highest BCUT2D eigenvalue weighted by Crippen LogP contribution is 2.64. The van der Waals surface area contributed by atoms with Crippen LogP contribution in [0.2, 0.25) is 0 Å². The first-order chi connectivity index (χ1) is 29.8. The zero-order valence-corrected chi connectivity index (χ0v) is 36.5. The third-order valence-corrected chi connectivity index (χ3v) is 14.4. The van der Waals surface area contributed by atoms with Crippen LogP contribution in [-0.2, 0) is 42.9 Å². The van der Waals surface area contributed by atoms with Gasteiger partial charge in [-0.05, 0) is 55.5 Å². The fourth-order valence-corrected chi connectivity index (χ4v) is 11.0.